The molecule has 0 unspecified atom stereocenters. The van der Waals surface area contributed by atoms with Crippen LogP contribution in [0.5, 0.6) is 5.75 Å². The van der Waals surface area contributed by atoms with Gasteiger partial charge in [0, 0.05) is 24.5 Å². The number of carbonyl (C=O) groups excluding carboxylic acids is 2. The first-order valence-electron chi connectivity index (χ1n) is 11.1. The summed E-state index contributed by atoms with van der Waals surface area (Å²) in [6.07, 6.45) is 0.381. The second kappa shape index (κ2) is 12.4. The van der Waals surface area contributed by atoms with Gasteiger partial charge in [-0.25, -0.2) is 0 Å². The van der Waals surface area contributed by atoms with E-state index in [1.807, 2.05) is 68.4 Å². The van der Waals surface area contributed by atoms with Crippen molar-refractivity contribution in [3.8, 4) is 5.75 Å². The highest BCUT2D eigenvalue weighted by atomic mass is 35.5. The summed E-state index contributed by atoms with van der Waals surface area (Å²) >= 11 is 12.2. The van der Waals surface area contributed by atoms with Gasteiger partial charge in [-0.2, -0.15) is 0 Å². The normalized spacial score (nSPS) is 11.5. The Morgan fingerprint density at radius 2 is 1.68 bits per heavy atom. The molecule has 2 amide bonds. The second-order valence-electron chi connectivity index (χ2n) is 7.97. The summed E-state index contributed by atoms with van der Waals surface area (Å²) in [5.74, 6) is -0.178. The Hall–Kier alpha value is -3.02. The van der Waals surface area contributed by atoms with Crippen molar-refractivity contribution in [2.24, 2.45) is 0 Å². The predicted molar refractivity (Wildman–Crippen MR) is 136 cm³/mol. The number of amides is 2. The molecular formula is C27H28Cl2N2O3. The Balaban J connectivity index is 1.89. The van der Waals surface area contributed by atoms with Crippen molar-refractivity contribution in [1.82, 2.24) is 10.2 Å². The molecule has 0 fully saturated rings. The van der Waals surface area contributed by atoms with Crippen LogP contribution >= 0.6 is 23.2 Å². The molecule has 34 heavy (non-hydrogen) atoms. The smallest absolute Gasteiger partial charge is 0.261 e. The highest BCUT2D eigenvalue weighted by molar-refractivity contribution is 6.35. The van der Waals surface area contributed by atoms with Gasteiger partial charge in [-0.05, 0) is 43.2 Å². The number of hydrogen-bond acceptors (Lipinski definition) is 3. The molecule has 0 aromatic heterocycles. The van der Waals surface area contributed by atoms with E-state index in [1.165, 1.54) is 0 Å². The Kier molecular flexibility index (Phi) is 9.37. The first-order chi connectivity index (χ1) is 16.4. The number of likely N-dealkylation sites (N-methyl/N-ethyl adjacent to an activating group) is 1. The van der Waals surface area contributed by atoms with Crippen molar-refractivity contribution in [3.63, 3.8) is 0 Å². The zero-order chi connectivity index (χ0) is 24.5. The molecule has 0 spiro atoms. The molecule has 0 saturated carbocycles. The van der Waals surface area contributed by atoms with Crippen molar-refractivity contribution in [3.05, 3.63) is 99.5 Å². The lowest BCUT2D eigenvalue weighted by molar-refractivity contribution is -0.142. The molecule has 5 nitrogen and oxygen atoms in total. The maximum Gasteiger partial charge on any atom is 0.261 e. The second-order valence-corrected chi connectivity index (χ2v) is 8.81. The van der Waals surface area contributed by atoms with Crippen LogP contribution in [0.25, 0.3) is 0 Å². The molecule has 3 rings (SSSR count). The van der Waals surface area contributed by atoms with E-state index >= 15 is 0 Å². The molecule has 1 N–H and O–H groups in total. The summed E-state index contributed by atoms with van der Waals surface area (Å²) in [5, 5.41) is 3.67. The Morgan fingerprint density at radius 3 is 2.32 bits per heavy atom. The molecule has 1 atom stereocenters. The molecule has 3 aromatic rings. The van der Waals surface area contributed by atoms with Crippen molar-refractivity contribution in [2.45, 2.75) is 32.9 Å². The van der Waals surface area contributed by atoms with Gasteiger partial charge in [0.1, 0.15) is 11.8 Å². The summed E-state index contributed by atoms with van der Waals surface area (Å²) in [6.45, 7) is 4.33. The van der Waals surface area contributed by atoms with E-state index in [0.717, 1.165) is 16.7 Å². The number of ether oxygens (including phenoxy) is 1. The number of nitrogens with one attached hydrogen (secondary N) is 1. The van der Waals surface area contributed by atoms with Crippen LogP contribution in [0.15, 0.2) is 72.8 Å². The van der Waals surface area contributed by atoms with Gasteiger partial charge in [0.2, 0.25) is 5.91 Å². The Morgan fingerprint density at radius 1 is 0.971 bits per heavy atom. The summed E-state index contributed by atoms with van der Waals surface area (Å²) in [7, 11) is 0. The maximum atomic E-state index is 13.5. The lowest BCUT2D eigenvalue weighted by Gasteiger charge is -2.31. The summed E-state index contributed by atoms with van der Waals surface area (Å²) in [6, 6.07) is 21.7. The van der Waals surface area contributed by atoms with E-state index in [0.29, 0.717) is 28.8 Å². The minimum absolute atomic E-state index is 0.212. The van der Waals surface area contributed by atoms with Crippen LogP contribution in [0.1, 0.15) is 23.6 Å². The van der Waals surface area contributed by atoms with Crippen molar-refractivity contribution < 1.29 is 14.3 Å². The molecule has 0 saturated heterocycles. The van der Waals surface area contributed by atoms with Gasteiger partial charge in [-0.1, -0.05) is 83.4 Å². The van der Waals surface area contributed by atoms with Crippen LogP contribution in [0.4, 0.5) is 0 Å². The zero-order valence-corrected chi connectivity index (χ0v) is 20.8. The topological polar surface area (TPSA) is 58.6 Å². The fourth-order valence-corrected chi connectivity index (χ4v) is 4.01. The highest BCUT2D eigenvalue weighted by Gasteiger charge is 2.30. The molecule has 0 aliphatic rings. The van der Waals surface area contributed by atoms with Crippen LogP contribution in [-0.2, 0) is 22.6 Å². The fourth-order valence-electron chi connectivity index (χ4n) is 3.55. The summed E-state index contributed by atoms with van der Waals surface area (Å²) in [5.41, 5.74) is 3.00. The van der Waals surface area contributed by atoms with Crippen LogP contribution in [0.2, 0.25) is 10.0 Å². The molecule has 0 heterocycles. The van der Waals surface area contributed by atoms with Gasteiger partial charge in [0.05, 0.1) is 5.02 Å². The molecular weight excluding hydrogens is 471 g/mol. The highest BCUT2D eigenvalue weighted by Crippen LogP contribution is 2.27. The standard InChI is InChI=1S/C27H28Cl2N2O3/c1-3-30-27(33)24(15-20-7-5-4-6-8-20)31(17-21-11-9-19(2)10-12-21)26(32)18-34-25-14-13-22(28)16-23(25)29/h4-14,16,24H,3,15,17-18H2,1-2H3,(H,30,33)/t24-/m0/s1. The average Bonchev–Trinajstić information content (AvgIpc) is 2.82. The minimum atomic E-state index is -0.708. The van der Waals surface area contributed by atoms with Gasteiger partial charge in [0.25, 0.3) is 5.91 Å². The van der Waals surface area contributed by atoms with Crippen LogP contribution in [0, 0.1) is 6.92 Å². The molecule has 3 aromatic carbocycles. The first-order valence-corrected chi connectivity index (χ1v) is 11.9. The monoisotopic (exact) mass is 498 g/mol. The van der Waals surface area contributed by atoms with Gasteiger partial charge in [-0.3, -0.25) is 9.59 Å². The van der Waals surface area contributed by atoms with Gasteiger partial charge in [0.15, 0.2) is 6.61 Å². The lowest BCUT2D eigenvalue weighted by Crippen LogP contribution is -2.51. The number of nitrogens with zero attached hydrogens (tertiary/aromatic N) is 1. The zero-order valence-electron chi connectivity index (χ0n) is 19.3. The van der Waals surface area contributed by atoms with Gasteiger partial charge >= 0.3 is 0 Å². The fraction of sp³-hybridized carbons (Fsp3) is 0.259. The first kappa shape index (κ1) is 25.6. The van der Waals surface area contributed by atoms with E-state index < -0.39 is 6.04 Å². The van der Waals surface area contributed by atoms with Gasteiger partial charge < -0.3 is 15.0 Å². The third-order valence-corrected chi connectivity index (χ3v) is 5.87. The number of carbonyl (C=O) groups is 2. The van der Waals surface area contributed by atoms with Crippen LogP contribution < -0.4 is 10.1 Å². The SMILES string of the molecule is CCNC(=O)[C@H](Cc1ccccc1)N(Cc1ccc(C)cc1)C(=O)COc1ccc(Cl)cc1Cl. The third kappa shape index (κ3) is 7.24. The average molecular weight is 499 g/mol. The summed E-state index contributed by atoms with van der Waals surface area (Å²) in [4.78, 5) is 28.2. The predicted octanol–water partition coefficient (Wildman–Crippen LogP) is 5.46. The molecule has 0 radical (unpaired) electrons. The van der Waals surface area contributed by atoms with Crippen LogP contribution in [-0.4, -0.2) is 35.9 Å². The number of halogens is 2. The molecule has 0 aliphatic heterocycles. The largest absolute Gasteiger partial charge is 0.482 e. The quantitative estimate of drug-likeness (QED) is 0.403. The maximum absolute atomic E-state index is 13.5. The lowest BCUT2D eigenvalue weighted by atomic mass is 10.0. The van der Waals surface area contributed by atoms with Crippen molar-refractivity contribution in [1.29, 1.82) is 0 Å². The Bertz CT molecular complexity index is 1100. The van der Waals surface area contributed by atoms with Crippen molar-refractivity contribution in [2.75, 3.05) is 13.2 Å². The molecule has 0 bridgehead atoms. The number of benzene rings is 3. The number of hydrogen-bond donors (Lipinski definition) is 1. The minimum Gasteiger partial charge on any atom is -0.482 e. The van der Waals surface area contributed by atoms with Crippen molar-refractivity contribution >= 4 is 35.0 Å². The number of aryl methyl sites for hydroxylation is 1. The van der Waals surface area contributed by atoms with E-state index in [-0.39, 0.29) is 25.0 Å². The molecule has 7 heteroatoms. The number of rotatable bonds is 10. The van der Waals surface area contributed by atoms with Crippen LogP contribution in [0.3, 0.4) is 0 Å². The summed E-state index contributed by atoms with van der Waals surface area (Å²) < 4.78 is 5.72. The molecule has 0 aliphatic carbocycles. The molecule has 178 valence electrons. The third-order valence-electron chi connectivity index (χ3n) is 5.34. The van der Waals surface area contributed by atoms with E-state index in [2.05, 4.69) is 5.32 Å². The Labute approximate surface area is 210 Å². The van der Waals surface area contributed by atoms with E-state index in [4.69, 9.17) is 27.9 Å². The van der Waals surface area contributed by atoms with E-state index in [1.54, 1.807) is 23.1 Å². The van der Waals surface area contributed by atoms with E-state index in [9.17, 15) is 9.59 Å². The van der Waals surface area contributed by atoms with Gasteiger partial charge in [-0.15, -0.1) is 0 Å².